The number of phenolic OH excluding ortho intramolecular Hbond substituents is 2. The van der Waals surface area contributed by atoms with Gasteiger partial charge in [0.25, 0.3) is 0 Å². The Labute approximate surface area is 177 Å². The lowest BCUT2D eigenvalue weighted by Crippen LogP contribution is -2.08. The highest BCUT2D eigenvalue weighted by atomic mass is 16.5. The molecule has 0 aliphatic rings. The summed E-state index contributed by atoms with van der Waals surface area (Å²) in [7, 11) is 0. The number of rotatable bonds is 17. The third kappa shape index (κ3) is 8.23. The summed E-state index contributed by atoms with van der Waals surface area (Å²) >= 11 is 0. The minimum absolute atomic E-state index is 0.149. The molecule has 5 nitrogen and oxygen atoms in total. The standard InChI is InChI=1S/C24H42O5/c1-5-9-12-16-27-22-19(15-8-4)20(25)21(26)23(28-17-13-10-6-2)24(22)29-18-14-11-7-3/h25-26H,5-18H2,1-4H3. The average Bonchev–Trinajstić information content (AvgIpc) is 2.72. The van der Waals surface area contributed by atoms with Gasteiger partial charge >= 0.3 is 0 Å². The first-order chi connectivity index (χ1) is 14.1. The van der Waals surface area contributed by atoms with Crippen molar-refractivity contribution >= 4 is 0 Å². The van der Waals surface area contributed by atoms with Crippen molar-refractivity contribution in [3.8, 4) is 28.7 Å². The van der Waals surface area contributed by atoms with Crippen LogP contribution in [0.3, 0.4) is 0 Å². The van der Waals surface area contributed by atoms with E-state index in [0.717, 1.165) is 64.2 Å². The topological polar surface area (TPSA) is 68.2 Å². The minimum Gasteiger partial charge on any atom is -0.504 e. The fourth-order valence-corrected chi connectivity index (χ4v) is 3.18. The fraction of sp³-hybridized carbons (Fsp3) is 0.750. The summed E-state index contributed by atoms with van der Waals surface area (Å²) in [6, 6.07) is 0. The van der Waals surface area contributed by atoms with Gasteiger partial charge in [-0.3, -0.25) is 0 Å². The van der Waals surface area contributed by atoms with Crippen LogP contribution in [-0.2, 0) is 6.42 Å². The van der Waals surface area contributed by atoms with Gasteiger partial charge in [-0.2, -0.15) is 0 Å². The molecule has 1 rings (SSSR count). The number of phenols is 2. The zero-order valence-corrected chi connectivity index (χ0v) is 19.0. The van der Waals surface area contributed by atoms with Crippen LogP contribution in [0.25, 0.3) is 0 Å². The Morgan fingerprint density at radius 2 is 0.966 bits per heavy atom. The van der Waals surface area contributed by atoms with Crippen LogP contribution < -0.4 is 14.2 Å². The molecule has 168 valence electrons. The summed E-state index contributed by atoms with van der Waals surface area (Å²) in [5.74, 6) is 0.786. The quantitative estimate of drug-likeness (QED) is 0.219. The molecule has 0 bridgehead atoms. The van der Waals surface area contributed by atoms with Crippen molar-refractivity contribution in [3.05, 3.63) is 5.56 Å². The Morgan fingerprint density at radius 3 is 1.41 bits per heavy atom. The van der Waals surface area contributed by atoms with Gasteiger partial charge in [-0.05, 0) is 25.7 Å². The molecule has 0 radical (unpaired) electrons. The number of benzene rings is 1. The fourth-order valence-electron chi connectivity index (χ4n) is 3.18. The van der Waals surface area contributed by atoms with Crippen molar-refractivity contribution < 1.29 is 24.4 Å². The lowest BCUT2D eigenvalue weighted by molar-refractivity contribution is 0.223. The molecule has 1 aromatic carbocycles. The number of hydrogen-bond acceptors (Lipinski definition) is 5. The summed E-state index contributed by atoms with van der Waals surface area (Å²) in [6.07, 6.45) is 10.7. The van der Waals surface area contributed by atoms with Crippen LogP contribution in [0.1, 0.15) is 97.5 Å². The summed E-state index contributed by atoms with van der Waals surface area (Å²) in [5, 5.41) is 21.3. The van der Waals surface area contributed by atoms with Crippen molar-refractivity contribution in [2.45, 2.75) is 98.3 Å². The number of unbranched alkanes of at least 4 members (excludes halogenated alkanes) is 6. The molecule has 0 heterocycles. The van der Waals surface area contributed by atoms with Crippen LogP contribution in [-0.4, -0.2) is 30.0 Å². The van der Waals surface area contributed by atoms with E-state index in [0.29, 0.717) is 43.3 Å². The maximum Gasteiger partial charge on any atom is 0.211 e. The number of aromatic hydroxyl groups is 2. The van der Waals surface area contributed by atoms with Gasteiger partial charge in [-0.15, -0.1) is 0 Å². The highest BCUT2D eigenvalue weighted by Gasteiger charge is 2.27. The second kappa shape index (κ2) is 15.1. The maximum absolute atomic E-state index is 10.7. The molecule has 0 saturated carbocycles. The van der Waals surface area contributed by atoms with Crippen molar-refractivity contribution in [3.63, 3.8) is 0 Å². The van der Waals surface area contributed by atoms with Gasteiger partial charge in [-0.1, -0.05) is 72.6 Å². The van der Waals surface area contributed by atoms with Crippen LogP contribution in [0.2, 0.25) is 0 Å². The van der Waals surface area contributed by atoms with E-state index in [1.54, 1.807) is 0 Å². The zero-order valence-electron chi connectivity index (χ0n) is 19.0. The first-order valence-corrected chi connectivity index (χ1v) is 11.6. The lowest BCUT2D eigenvalue weighted by atomic mass is 10.0. The lowest BCUT2D eigenvalue weighted by Gasteiger charge is -2.22. The van der Waals surface area contributed by atoms with Crippen molar-refractivity contribution in [2.75, 3.05) is 19.8 Å². The van der Waals surface area contributed by atoms with Gasteiger partial charge in [0.15, 0.2) is 11.5 Å². The number of hydrogen-bond donors (Lipinski definition) is 2. The van der Waals surface area contributed by atoms with Crippen LogP contribution in [0.5, 0.6) is 28.7 Å². The van der Waals surface area contributed by atoms with E-state index in [-0.39, 0.29) is 17.2 Å². The molecule has 0 aliphatic carbocycles. The summed E-state index contributed by atoms with van der Waals surface area (Å²) < 4.78 is 18.1. The third-order valence-corrected chi connectivity index (χ3v) is 4.89. The molecule has 0 fully saturated rings. The molecule has 5 heteroatoms. The molecule has 0 spiro atoms. The summed E-state index contributed by atoms with van der Waals surface area (Å²) in [5.41, 5.74) is 0.605. The smallest absolute Gasteiger partial charge is 0.211 e. The monoisotopic (exact) mass is 410 g/mol. The van der Waals surface area contributed by atoms with Gasteiger partial charge in [-0.25, -0.2) is 0 Å². The Balaban J connectivity index is 3.23. The van der Waals surface area contributed by atoms with Crippen molar-refractivity contribution in [1.29, 1.82) is 0 Å². The van der Waals surface area contributed by atoms with Gasteiger partial charge in [0.1, 0.15) is 0 Å². The Morgan fingerprint density at radius 1 is 0.517 bits per heavy atom. The molecular weight excluding hydrogens is 368 g/mol. The van der Waals surface area contributed by atoms with Gasteiger partial charge in [0.05, 0.1) is 19.8 Å². The predicted molar refractivity (Wildman–Crippen MR) is 119 cm³/mol. The van der Waals surface area contributed by atoms with E-state index >= 15 is 0 Å². The van der Waals surface area contributed by atoms with Crippen LogP contribution >= 0.6 is 0 Å². The van der Waals surface area contributed by atoms with E-state index in [4.69, 9.17) is 14.2 Å². The summed E-state index contributed by atoms with van der Waals surface area (Å²) in [4.78, 5) is 0. The maximum atomic E-state index is 10.7. The molecule has 0 atom stereocenters. The highest BCUT2D eigenvalue weighted by Crippen LogP contribution is 2.53. The van der Waals surface area contributed by atoms with Gasteiger partial charge in [0.2, 0.25) is 17.2 Å². The average molecular weight is 411 g/mol. The zero-order chi connectivity index (χ0) is 21.5. The second-order valence-electron chi connectivity index (χ2n) is 7.58. The van der Waals surface area contributed by atoms with Crippen molar-refractivity contribution in [2.24, 2.45) is 0 Å². The highest BCUT2D eigenvalue weighted by molar-refractivity contribution is 5.69. The van der Waals surface area contributed by atoms with Crippen LogP contribution in [0.4, 0.5) is 0 Å². The molecule has 2 N–H and O–H groups in total. The number of ether oxygens (including phenoxy) is 3. The van der Waals surface area contributed by atoms with E-state index in [2.05, 4.69) is 20.8 Å². The van der Waals surface area contributed by atoms with Gasteiger partial charge < -0.3 is 24.4 Å². The molecule has 0 unspecified atom stereocenters. The molecule has 0 saturated heterocycles. The first-order valence-electron chi connectivity index (χ1n) is 11.6. The van der Waals surface area contributed by atoms with Crippen LogP contribution in [0.15, 0.2) is 0 Å². The molecular formula is C24H42O5. The first kappa shape index (κ1) is 25.3. The molecule has 0 aliphatic heterocycles. The molecule has 0 amide bonds. The Kier molecular flexibility index (Phi) is 13.2. The normalized spacial score (nSPS) is 10.9. The van der Waals surface area contributed by atoms with Gasteiger partial charge in [0, 0.05) is 5.56 Å². The molecule has 29 heavy (non-hydrogen) atoms. The predicted octanol–water partition coefficient (Wildman–Crippen LogP) is 6.76. The Hall–Kier alpha value is -1.78. The second-order valence-corrected chi connectivity index (χ2v) is 7.58. The minimum atomic E-state index is -0.239. The molecule has 1 aromatic rings. The largest absolute Gasteiger partial charge is 0.504 e. The van der Waals surface area contributed by atoms with E-state index in [1.165, 1.54) is 0 Å². The Bertz CT molecular complexity index is 571. The van der Waals surface area contributed by atoms with Crippen LogP contribution in [0, 0.1) is 0 Å². The SMILES string of the molecule is CCCCCOc1c(O)c(O)c(CCC)c(OCCCCC)c1OCCCCC. The van der Waals surface area contributed by atoms with Crippen molar-refractivity contribution in [1.82, 2.24) is 0 Å². The summed E-state index contributed by atoms with van der Waals surface area (Å²) in [6.45, 7) is 10.0. The van der Waals surface area contributed by atoms with E-state index in [9.17, 15) is 10.2 Å². The molecule has 0 aromatic heterocycles. The third-order valence-electron chi connectivity index (χ3n) is 4.89. The van der Waals surface area contributed by atoms with E-state index in [1.807, 2.05) is 6.92 Å². The van der Waals surface area contributed by atoms with E-state index < -0.39 is 0 Å².